The summed E-state index contributed by atoms with van der Waals surface area (Å²) < 4.78 is 54.2. The summed E-state index contributed by atoms with van der Waals surface area (Å²) >= 11 is 0. The van der Waals surface area contributed by atoms with Crippen LogP contribution in [0.1, 0.15) is 18.4 Å². The maximum absolute atomic E-state index is 13.9. The normalized spacial score (nSPS) is 14.8. The topological polar surface area (TPSA) is 70.8 Å². The van der Waals surface area contributed by atoms with Crippen LogP contribution in [0.5, 0.6) is 0 Å². The van der Waals surface area contributed by atoms with E-state index in [2.05, 4.69) is 4.74 Å². The molecule has 0 aliphatic heterocycles. The number of carbonyl (C=O) groups is 1. The Labute approximate surface area is 138 Å². The number of halogens is 3. The standard InChI is InChI=1S/C16H22F3NO4/c17-8-4-7-13(24-16(20)21)14(18)15(19)23-10-9-22-11-12-5-2-1-3-6-12/h1-3,5-6,13-15H,4,7-11H2,(H2,20,21). The first-order valence-electron chi connectivity index (χ1n) is 7.58. The second-order valence-corrected chi connectivity index (χ2v) is 5.01. The van der Waals surface area contributed by atoms with Crippen LogP contribution in [0, 0.1) is 0 Å². The van der Waals surface area contributed by atoms with Crippen LogP contribution in [0.3, 0.4) is 0 Å². The van der Waals surface area contributed by atoms with Crippen molar-refractivity contribution in [2.45, 2.75) is 38.1 Å². The van der Waals surface area contributed by atoms with E-state index in [0.717, 1.165) is 5.56 Å². The number of hydrogen-bond acceptors (Lipinski definition) is 4. The second-order valence-electron chi connectivity index (χ2n) is 5.01. The fourth-order valence-corrected chi connectivity index (χ4v) is 1.96. The maximum atomic E-state index is 13.9. The lowest BCUT2D eigenvalue weighted by atomic mass is 10.1. The lowest BCUT2D eigenvalue weighted by Crippen LogP contribution is -2.38. The fourth-order valence-electron chi connectivity index (χ4n) is 1.96. The van der Waals surface area contributed by atoms with Crippen LogP contribution in [0.4, 0.5) is 18.0 Å². The van der Waals surface area contributed by atoms with Gasteiger partial charge in [0.2, 0.25) is 6.36 Å². The molecule has 0 aliphatic carbocycles. The van der Waals surface area contributed by atoms with Crippen LogP contribution >= 0.6 is 0 Å². The number of rotatable bonds is 12. The minimum Gasteiger partial charge on any atom is -0.443 e. The number of benzene rings is 1. The summed E-state index contributed by atoms with van der Waals surface area (Å²) in [6.45, 7) is -0.532. The molecule has 24 heavy (non-hydrogen) atoms. The van der Waals surface area contributed by atoms with E-state index in [9.17, 15) is 18.0 Å². The third-order valence-electron chi connectivity index (χ3n) is 3.11. The highest BCUT2D eigenvalue weighted by molar-refractivity contribution is 5.64. The third-order valence-corrected chi connectivity index (χ3v) is 3.11. The monoisotopic (exact) mass is 349 g/mol. The van der Waals surface area contributed by atoms with E-state index in [1.165, 1.54) is 0 Å². The second kappa shape index (κ2) is 11.7. The summed E-state index contributed by atoms with van der Waals surface area (Å²) in [6, 6.07) is 9.32. The molecule has 0 radical (unpaired) electrons. The average Bonchev–Trinajstić information content (AvgIpc) is 2.58. The Balaban J connectivity index is 2.28. The van der Waals surface area contributed by atoms with Gasteiger partial charge < -0.3 is 19.9 Å². The number of amides is 1. The molecule has 3 atom stereocenters. The van der Waals surface area contributed by atoms with Gasteiger partial charge in [-0.05, 0) is 18.4 Å². The minimum absolute atomic E-state index is 0.0634. The summed E-state index contributed by atoms with van der Waals surface area (Å²) in [6.07, 6.45) is -7.58. The van der Waals surface area contributed by atoms with Crippen LogP contribution < -0.4 is 5.73 Å². The quantitative estimate of drug-likeness (QED) is 0.589. The molecular formula is C16H22F3NO4. The molecule has 3 unspecified atom stereocenters. The van der Waals surface area contributed by atoms with Crippen LogP contribution in [0.15, 0.2) is 30.3 Å². The van der Waals surface area contributed by atoms with E-state index in [-0.39, 0.29) is 26.1 Å². The first-order chi connectivity index (χ1) is 11.5. The number of alkyl halides is 3. The van der Waals surface area contributed by atoms with Gasteiger partial charge in [-0.1, -0.05) is 30.3 Å². The number of ether oxygens (including phenoxy) is 3. The minimum atomic E-state index is -2.32. The van der Waals surface area contributed by atoms with Gasteiger partial charge in [0, 0.05) is 0 Å². The van der Waals surface area contributed by atoms with Crippen molar-refractivity contribution in [3.8, 4) is 0 Å². The first-order valence-corrected chi connectivity index (χ1v) is 7.58. The van der Waals surface area contributed by atoms with Gasteiger partial charge in [0.05, 0.1) is 26.5 Å². The van der Waals surface area contributed by atoms with Crippen molar-refractivity contribution in [1.29, 1.82) is 0 Å². The van der Waals surface area contributed by atoms with Crippen LogP contribution in [0.2, 0.25) is 0 Å². The molecule has 0 aromatic heterocycles. The summed E-state index contributed by atoms with van der Waals surface area (Å²) in [7, 11) is 0. The molecule has 0 fully saturated rings. The molecule has 1 aromatic carbocycles. The van der Waals surface area contributed by atoms with Crippen molar-refractivity contribution in [2.75, 3.05) is 19.9 Å². The zero-order valence-corrected chi connectivity index (χ0v) is 13.2. The predicted molar refractivity (Wildman–Crippen MR) is 81.5 cm³/mol. The highest BCUT2D eigenvalue weighted by atomic mass is 19.2. The zero-order chi connectivity index (χ0) is 17.8. The molecule has 0 spiro atoms. The Kier molecular flexibility index (Phi) is 9.86. The molecule has 0 saturated carbocycles. The van der Waals surface area contributed by atoms with Crippen molar-refractivity contribution >= 4 is 6.09 Å². The van der Waals surface area contributed by atoms with Gasteiger partial charge in [-0.2, -0.15) is 0 Å². The summed E-state index contributed by atoms with van der Waals surface area (Å²) in [5.41, 5.74) is 5.74. The molecule has 1 rings (SSSR count). The molecule has 0 aliphatic rings. The third kappa shape index (κ3) is 8.16. The Morgan fingerprint density at radius 3 is 2.50 bits per heavy atom. The Morgan fingerprint density at radius 1 is 1.17 bits per heavy atom. The number of nitrogens with two attached hydrogens (primary N) is 1. The van der Waals surface area contributed by atoms with E-state index >= 15 is 0 Å². The molecule has 8 heteroatoms. The summed E-state index contributed by atoms with van der Waals surface area (Å²) in [5.74, 6) is 0. The molecule has 0 bridgehead atoms. The summed E-state index contributed by atoms with van der Waals surface area (Å²) in [4.78, 5) is 10.7. The highest BCUT2D eigenvalue weighted by Crippen LogP contribution is 2.18. The van der Waals surface area contributed by atoms with E-state index in [4.69, 9.17) is 15.2 Å². The van der Waals surface area contributed by atoms with E-state index in [0.29, 0.717) is 6.61 Å². The van der Waals surface area contributed by atoms with Crippen molar-refractivity contribution in [3.63, 3.8) is 0 Å². The maximum Gasteiger partial charge on any atom is 0.404 e. The Hall–Kier alpha value is -1.80. The molecule has 5 nitrogen and oxygen atoms in total. The van der Waals surface area contributed by atoms with Crippen molar-refractivity contribution in [1.82, 2.24) is 0 Å². The van der Waals surface area contributed by atoms with Crippen molar-refractivity contribution in [3.05, 3.63) is 35.9 Å². The molecule has 1 amide bonds. The van der Waals surface area contributed by atoms with Gasteiger partial charge in [-0.3, -0.25) is 4.39 Å². The van der Waals surface area contributed by atoms with Gasteiger partial charge in [0.15, 0.2) is 6.17 Å². The SMILES string of the molecule is NC(=O)OC(CCCF)C(F)C(F)OCCOCc1ccccc1. The number of primary amides is 1. The van der Waals surface area contributed by atoms with Crippen molar-refractivity contribution < 1.29 is 32.2 Å². The van der Waals surface area contributed by atoms with Gasteiger partial charge in [0.25, 0.3) is 0 Å². The first kappa shape index (κ1) is 20.2. The van der Waals surface area contributed by atoms with E-state index < -0.39 is 31.4 Å². The van der Waals surface area contributed by atoms with Crippen LogP contribution in [-0.4, -0.2) is 44.6 Å². The van der Waals surface area contributed by atoms with Gasteiger partial charge >= 0.3 is 6.09 Å². The van der Waals surface area contributed by atoms with Gasteiger partial charge in [-0.25, -0.2) is 13.6 Å². The molecule has 0 heterocycles. The number of hydrogen-bond donors (Lipinski definition) is 1. The molecule has 136 valence electrons. The lowest BCUT2D eigenvalue weighted by molar-refractivity contribution is -0.130. The molecular weight excluding hydrogens is 327 g/mol. The van der Waals surface area contributed by atoms with Gasteiger partial charge in [-0.15, -0.1) is 0 Å². The van der Waals surface area contributed by atoms with Gasteiger partial charge in [0.1, 0.15) is 6.10 Å². The number of carbonyl (C=O) groups excluding carboxylic acids is 1. The lowest BCUT2D eigenvalue weighted by Gasteiger charge is -2.22. The fraction of sp³-hybridized carbons (Fsp3) is 0.562. The largest absolute Gasteiger partial charge is 0.443 e. The van der Waals surface area contributed by atoms with E-state index in [1.807, 2.05) is 30.3 Å². The van der Waals surface area contributed by atoms with Crippen LogP contribution in [0.25, 0.3) is 0 Å². The van der Waals surface area contributed by atoms with Crippen molar-refractivity contribution in [2.24, 2.45) is 5.73 Å². The molecule has 0 saturated heterocycles. The Morgan fingerprint density at radius 2 is 1.88 bits per heavy atom. The highest BCUT2D eigenvalue weighted by Gasteiger charge is 2.32. The molecule has 1 aromatic rings. The van der Waals surface area contributed by atoms with E-state index in [1.54, 1.807) is 0 Å². The summed E-state index contributed by atoms with van der Waals surface area (Å²) in [5, 5.41) is 0. The van der Waals surface area contributed by atoms with Crippen LogP contribution in [-0.2, 0) is 20.8 Å². The smallest absolute Gasteiger partial charge is 0.404 e. The zero-order valence-electron chi connectivity index (χ0n) is 13.2. The average molecular weight is 349 g/mol. The predicted octanol–water partition coefficient (Wildman–Crippen LogP) is 3.07. The molecule has 2 N–H and O–H groups in total. The Bertz CT molecular complexity index is 464.